The summed E-state index contributed by atoms with van der Waals surface area (Å²) >= 11 is 1.70. The maximum absolute atomic E-state index is 12.0. The fraction of sp³-hybridized carbons (Fsp3) is 0.0556. The van der Waals surface area contributed by atoms with Gasteiger partial charge in [0, 0.05) is 33.8 Å². The number of hydrogen-bond donors (Lipinski definition) is 2. The summed E-state index contributed by atoms with van der Waals surface area (Å²) in [6.07, 6.45) is 7.29. The Kier molecular flexibility index (Phi) is 4.30. The molecule has 0 saturated carbocycles. The second-order valence-electron chi connectivity index (χ2n) is 4.88. The number of benzene rings is 2. The molecule has 3 aromatic rings. The second-order valence-corrected chi connectivity index (χ2v) is 5.76. The zero-order chi connectivity index (χ0) is 15.4. The first-order valence-corrected chi connectivity index (χ1v) is 8.17. The van der Waals surface area contributed by atoms with Gasteiger partial charge in [-0.2, -0.15) is 0 Å². The first-order valence-electron chi connectivity index (χ1n) is 6.95. The standard InChI is InChI=1S/C18H16N2OS/c1-22-16-6-2-13(3-7-16)4-9-18(21)20-15-5-8-17-14(12-15)10-11-19-17/h2-12,19H,1H3,(H,20,21)/b9-4+. The highest BCUT2D eigenvalue weighted by molar-refractivity contribution is 7.98. The minimum atomic E-state index is -0.135. The lowest BCUT2D eigenvalue weighted by Gasteiger charge is -2.02. The zero-order valence-corrected chi connectivity index (χ0v) is 13.0. The van der Waals surface area contributed by atoms with Crippen LogP contribution in [0.2, 0.25) is 0 Å². The molecule has 0 aliphatic rings. The van der Waals surface area contributed by atoms with Gasteiger partial charge in [-0.25, -0.2) is 0 Å². The largest absolute Gasteiger partial charge is 0.361 e. The highest BCUT2D eigenvalue weighted by Gasteiger charge is 2.00. The van der Waals surface area contributed by atoms with Crippen molar-refractivity contribution < 1.29 is 4.79 Å². The van der Waals surface area contributed by atoms with Gasteiger partial charge in [-0.15, -0.1) is 11.8 Å². The number of carbonyl (C=O) groups is 1. The number of amides is 1. The lowest BCUT2D eigenvalue weighted by molar-refractivity contribution is -0.111. The van der Waals surface area contributed by atoms with Gasteiger partial charge >= 0.3 is 0 Å². The molecular formula is C18H16N2OS. The zero-order valence-electron chi connectivity index (χ0n) is 12.2. The molecule has 0 fully saturated rings. The van der Waals surface area contributed by atoms with E-state index in [1.165, 1.54) is 4.90 Å². The van der Waals surface area contributed by atoms with E-state index in [-0.39, 0.29) is 5.91 Å². The van der Waals surface area contributed by atoms with Crippen molar-refractivity contribution in [1.29, 1.82) is 0 Å². The number of carbonyl (C=O) groups excluding carboxylic acids is 1. The molecule has 0 aliphatic heterocycles. The topological polar surface area (TPSA) is 44.9 Å². The van der Waals surface area contributed by atoms with Crippen molar-refractivity contribution in [2.24, 2.45) is 0 Å². The van der Waals surface area contributed by atoms with E-state index in [0.29, 0.717) is 0 Å². The number of rotatable bonds is 4. The van der Waals surface area contributed by atoms with E-state index >= 15 is 0 Å². The highest BCUT2D eigenvalue weighted by atomic mass is 32.2. The van der Waals surface area contributed by atoms with E-state index in [1.54, 1.807) is 17.8 Å². The fourth-order valence-electron chi connectivity index (χ4n) is 2.20. The molecule has 0 bridgehead atoms. The molecule has 1 amide bonds. The average Bonchev–Trinajstić information content (AvgIpc) is 3.01. The first kappa shape index (κ1) is 14.5. The minimum Gasteiger partial charge on any atom is -0.361 e. The maximum Gasteiger partial charge on any atom is 0.248 e. The Bertz CT molecular complexity index is 818. The Morgan fingerprint density at radius 1 is 1.14 bits per heavy atom. The van der Waals surface area contributed by atoms with Gasteiger partial charge in [0.2, 0.25) is 5.91 Å². The average molecular weight is 308 g/mol. The molecule has 0 atom stereocenters. The molecule has 3 nitrogen and oxygen atoms in total. The van der Waals surface area contributed by atoms with Crippen LogP contribution in [-0.2, 0) is 4.79 Å². The van der Waals surface area contributed by atoms with Crippen LogP contribution in [0.3, 0.4) is 0 Å². The van der Waals surface area contributed by atoms with Crippen molar-refractivity contribution in [3.63, 3.8) is 0 Å². The number of thioether (sulfide) groups is 1. The maximum atomic E-state index is 12.0. The van der Waals surface area contributed by atoms with Gasteiger partial charge in [0.1, 0.15) is 0 Å². The summed E-state index contributed by atoms with van der Waals surface area (Å²) in [5, 5.41) is 3.95. The molecule has 0 saturated heterocycles. The molecule has 3 rings (SSSR count). The third kappa shape index (κ3) is 3.40. The number of aromatic nitrogens is 1. The molecule has 110 valence electrons. The van der Waals surface area contributed by atoms with E-state index < -0.39 is 0 Å². The molecule has 2 N–H and O–H groups in total. The smallest absolute Gasteiger partial charge is 0.248 e. The van der Waals surface area contributed by atoms with Crippen LogP contribution in [0.5, 0.6) is 0 Å². The van der Waals surface area contributed by atoms with Crippen LogP contribution < -0.4 is 5.32 Å². The van der Waals surface area contributed by atoms with Gasteiger partial charge in [0.05, 0.1) is 0 Å². The van der Waals surface area contributed by atoms with Crippen LogP contribution in [0.4, 0.5) is 5.69 Å². The summed E-state index contributed by atoms with van der Waals surface area (Å²) in [6, 6.07) is 15.9. The van der Waals surface area contributed by atoms with Crippen LogP contribution in [0, 0.1) is 0 Å². The highest BCUT2D eigenvalue weighted by Crippen LogP contribution is 2.18. The van der Waals surface area contributed by atoms with E-state index in [4.69, 9.17) is 0 Å². The molecule has 0 unspecified atom stereocenters. The third-order valence-electron chi connectivity index (χ3n) is 3.36. The molecule has 4 heteroatoms. The number of nitrogens with one attached hydrogen (secondary N) is 2. The molecule has 1 aromatic heterocycles. The van der Waals surface area contributed by atoms with Gasteiger partial charge in [-0.3, -0.25) is 4.79 Å². The third-order valence-corrected chi connectivity index (χ3v) is 4.11. The van der Waals surface area contributed by atoms with Gasteiger partial charge in [-0.05, 0) is 54.3 Å². The molecule has 22 heavy (non-hydrogen) atoms. The molecular weight excluding hydrogens is 292 g/mol. The Morgan fingerprint density at radius 2 is 1.95 bits per heavy atom. The summed E-state index contributed by atoms with van der Waals surface area (Å²) < 4.78 is 0. The van der Waals surface area contributed by atoms with Crippen molar-refractivity contribution >= 4 is 40.3 Å². The van der Waals surface area contributed by atoms with Crippen molar-refractivity contribution in [1.82, 2.24) is 4.98 Å². The van der Waals surface area contributed by atoms with E-state index in [9.17, 15) is 4.79 Å². The fourth-order valence-corrected chi connectivity index (χ4v) is 2.61. The van der Waals surface area contributed by atoms with E-state index in [0.717, 1.165) is 22.2 Å². The minimum absolute atomic E-state index is 0.135. The Balaban J connectivity index is 1.66. The molecule has 0 spiro atoms. The van der Waals surface area contributed by atoms with Gasteiger partial charge in [0.15, 0.2) is 0 Å². The molecule has 0 radical (unpaired) electrons. The summed E-state index contributed by atoms with van der Waals surface area (Å²) in [7, 11) is 0. The Labute approximate surface area is 133 Å². The summed E-state index contributed by atoms with van der Waals surface area (Å²) in [6.45, 7) is 0. The second kappa shape index (κ2) is 6.54. The van der Waals surface area contributed by atoms with Crippen LogP contribution in [0.25, 0.3) is 17.0 Å². The number of hydrogen-bond acceptors (Lipinski definition) is 2. The van der Waals surface area contributed by atoms with Crippen LogP contribution in [0.15, 0.2) is 65.7 Å². The number of anilines is 1. The normalized spacial score (nSPS) is 11.1. The Morgan fingerprint density at radius 3 is 2.73 bits per heavy atom. The first-order chi connectivity index (χ1) is 10.7. The number of aromatic amines is 1. The molecule has 0 aliphatic carbocycles. The van der Waals surface area contributed by atoms with Crippen molar-refractivity contribution in [3.8, 4) is 0 Å². The van der Waals surface area contributed by atoms with Gasteiger partial charge in [0.25, 0.3) is 0 Å². The number of fused-ring (bicyclic) bond motifs is 1. The van der Waals surface area contributed by atoms with Gasteiger partial charge in [-0.1, -0.05) is 12.1 Å². The SMILES string of the molecule is CSc1ccc(/C=C/C(=O)Nc2ccc3[nH]ccc3c2)cc1. The molecule has 2 aromatic carbocycles. The monoisotopic (exact) mass is 308 g/mol. The Hall–Kier alpha value is -2.46. The molecule has 1 heterocycles. The van der Waals surface area contributed by atoms with E-state index in [1.807, 2.05) is 67.1 Å². The van der Waals surface area contributed by atoms with E-state index in [2.05, 4.69) is 10.3 Å². The predicted molar refractivity (Wildman–Crippen MR) is 94.2 cm³/mol. The number of H-pyrrole nitrogens is 1. The predicted octanol–water partition coefficient (Wildman–Crippen LogP) is 4.54. The van der Waals surface area contributed by atoms with Gasteiger partial charge < -0.3 is 10.3 Å². The quantitative estimate of drug-likeness (QED) is 0.549. The van der Waals surface area contributed by atoms with Crippen LogP contribution >= 0.6 is 11.8 Å². The summed E-state index contributed by atoms with van der Waals surface area (Å²) in [5.41, 5.74) is 2.86. The summed E-state index contributed by atoms with van der Waals surface area (Å²) in [4.78, 5) is 16.3. The summed E-state index contributed by atoms with van der Waals surface area (Å²) in [5.74, 6) is -0.135. The van der Waals surface area contributed by atoms with Crippen LogP contribution in [0.1, 0.15) is 5.56 Å². The lowest BCUT2D eigenvalue weighted by atomic mass is 10.2. The van der Waals surface area contributed by atoms with Crippen molar-refractivity contribution in [2.45, 2.75) is 4.90 Å². The lowest BCUT2D eigenvalue weighted by Crippen LogP contribution is -2.07. The van der Waals surface area contributed by atoms with Crippen molar-refractivity contribution in [2.75, 3.05) is 11.6 Å². The van der Waals surface area contributed by atoms with Crippen LogP contribution in [-0.4, -0.2) is 17.1 Å². The van der Waals surface area contributed by atoms with Crippen molar-refractivity contribution in [3.05, 3.63) is 66.4 Å².